The molecular weight excluding hydrogens is 420 g/mol. The summed E-state index contributed by atoms with van der Waals surface area (Å²) in [5.41, 5.74) is 16.6. The molecule has 2 aromatic heterocycles. The van der Waals surface area contributed by atoms with E-state index >= 15 is 0 Å². The maximum Gasteiger partial charge on any atom is 0.227 e. The van der Waals surface area contributed by atoms with Gasteiger partial charge in [-0.25, -0.2) is 9.97 Å². The number of nitrogen functional groups attached to an aromatic ring is 1. The molecule has 2 aromatic carbocycles. The van der Waals surface area contributed by atoms with Crippen LogP contribution in [-0.2, 0) is 17.9 Å². The normalized spacial score (nSPS) is 14.5. The Labute approximate surface area is 190 Å². The summed E-state index contributed by atoms with van der Waals surface area (Å²) >= 11 is 1.33. The van der Waals surface area contributed by atoms with Gasteiger partial charge in [0.15, 0.2) is 11.0 Å². The van der Waals surface area contributed by atoms with Gasteiger partial charge in [-0.3, -0.25) is 9.69 Å². The fourth-order valence-corrected chi connectivity index (χ4v) is 5.10. The molecule has 0 atom stereocenters. The second-order valence-corrected chi connectivity index (χ2v) is 9.19. The smallest absolute Gasteiger partial charge is 0.227 e. The van der Waals surface area contributed by atoms with Crippen LogP contribution in [0.15, 0.2) is 53.7 Å². The number of nitrogens with zero attached hydrogens (tertiary/aromatic N) is 4. The first-order valence-electron chi connectivity index (χ1n) is 10.8. The molecule has 0 unspecified atom stereocenters. The monoisotopic (exact) mass is 446 g/mol. The molecule has 1 amide bonds. The summed E-state index contributed by atoms with van der Waals surface area (Å²) in [6.07, 6.45) is 2.59. The van der Waals surface area contributed by atoms with Gasteiger partial charge in [0.1, 0.15) is 5.52 Å². The molecule has 1 fully saturated rings. The Morgan fingerprint density at radius 1 is 0.969 bits per heavy atom. The van der Waals surface area contributed by atoms with Crippen molar-refractivity contribution in [2.75, 3.05) is 24.6 Å². The number of likely N-dealkylation sites (tertiary alicyclic amines) is 1. The molecule has 1 saturated heterocycles. The minimum atomic E-state index is -0.379. The Morgan fingerprint density at radius 2 is 1.66 bits per heavy atom. The Balaban J connectivity index is 1.53. The molecule has 4 N–H and O–H groups in total. The van der Waals surface area contributed by atoms with Crippen molar-refractivity contribution >= 4 is 45.4 Å². The lowest BCUT2D eigenvalue weighted by Gasteiger charge is -2.15. The number of fused-ring (bicyclic) bond motifs is 3. The third-order valence-corrected chi connectivity index (χ3v) is 6.89. The largest absolute Gasteiger partial charge is 0.382 e. The molecule has 0 spiro atoms. The first-order chi connectivity index (χ1) is 15.6. The highest BCUT2D eigenvalue weighted by atomic mass is 32.2. The molecule has 4 aromatic rings. The number of thioether (sulfide) groups is 1. The number of benzene rings is 2. The maximum atomic E-state index is 11.4. The van der Waals surface area contributed by atoms with Gasteiger partial charge in [0.25, 0.3) is 0 Å². The highest BCUT2D eigenvalue weighted by Crippen LogP contribution is 2.32. The average Bonchev–Trinajstić information content (AvgIpc) is 3.42. The Kier molecular flexibility index (Phi) is 5.71. The van der Waals surface area contributed by atoms with Gasteiger partial charge >= 0.3 is 0 Å². The lowest BCUT2D eigenvalue weighted by atomic mass is 10.1. The lowest BCUT2D eigenvalue weighted by molar-refractivity contribution is -0.115. The lowest BCUT2D eigenvalue weighted by Crippen LogP contribution is -2.18. The molecule has 3 heterocycles. The van der Waals surface area contributed by atoms with E-state index in [4.69, 9.17) is 16.5 Å². The topological polar surface area (TPSA) is 103 Å². The standard InChI is InChI=1S/C24H26N6OS/c25-20(31)15-32-24-28-21-22(18-5-1-2-6-19(18)27-23(21)26)30(24)14-17-9-7-16(8-10-17)13-29-11-3-4-12-29/h1-2,5-10H,3-4,11-15H2,(H2,25,31)(H2,26,27). The zero-order valence-corrected chi connectivity index (χ0v) is 18.6. The number of pyridine rings is 1. The summed E-state index contributed by atoms with van der Waals surface area (Å²) in [4.78, 5) is 23.2. The van der Waals surface area contributed by atoms with Gasteiger partial charge in [-0.1, -0.05) is 54.2 Å². The third kappa shape index (κ3) is 4.16. The fraction of sp³-hybridized carbons (Fsp3) is 0.292. The molecule has 164 valence electrons. The van der Waals surface area contributed by atoms with Crippen molar-refractivity contribution in [2.45, 2.75) is 31.1 Å². The van der Waals surface area contributed by atoms with Crippen LogP contribution >= 0.6 is 11.8 Å². The van der Waals surface area contributed by atoms with Crippen LogP contribution in [0.4, 0.5) is 5.82 Å². The number of carbonyl (C=O) groups is 1. The first-order valence-corrected chi connectivity index (χ1v) is 11.8. The zero-order valence-electron chi connectivity index (χ0n) is 17.8. The van der Waals surface area contributed by atoms with Crippen LogP contribution in [0, 0.1) is 0 Å². The van der Waals surface area contributed by atoms with Crippen LogP contribution in [0.1, 0.15) is 24.0 Å². The minimum Gasteiger partial charge on any atom is -0.382 e. The van der Waals surface area contributed by atoms with Crippen molar-refractivity contribution in [1.82, 2.24) is 19.4 Å². The number of imidazole rings is 1. The molecule has 7 nitrogen and oxygen atoms in total. The zero-order chi connectivity index (χ0) is 22.1. The number of rotatable bonds is 7. The Morgan fingerprint density at radius 3 is 2.38 bits per heavy atom. The van der Waals surface area contributed by atoms with Crippen molar-refractivity contribution in [3.8, 4) is 0 Å². The molecule has 1 aliphatic rings. The van der Waals surface area contributed by atoms with Gasteiger partial charge in [0.05, 0.1) is 23.3 Å². The molecule has 0 saturated carbocycles. The molecule has 0 radical (unpaired) electrons. The quantitative estimate of drug-likeness (QED) is 0.422. The average molecular weight is 447 g/mol. The van der Waals surface area contributed by atoms with Gasteiger partial charge in [-0.05, 0) is 43.1 Å². The van der Waals surface area contributed by atoms with E-state index < -0.39 is 0 Å². The number of nitrogens with two attached hydrogens (primary N) is 2. The summed E-state index contributed by atoms with van der Waals surface area (Å²) in [5.74, 6) is 0.166. The van der Waals surface area contributed by atoms with Crippen molar-refractivity contribution < 1.29 is 4.79 Å². The van der Waals surface area contributed by atoms with Gasteiger partial charge in [0, 0.05) is 11.9 Å². The fourth-order valence-electron chi connectivity index (χ4n) is 4.36. The van der Waals surface area contributed by atoms with Crippen LogP contribution in [0.2, 0.25) is 0 Å². The van der Waals surface area contributed by atoms with E-state index in [2.05, 4.69) is 38.7 Å². The van der Waals surface area contributed by atoms with E-state index in [0.717, 1.165) is 28.5 Å². The Hall–Kier alpha value is -3.10. The summed E-state index contributed by atoms with van der Waals surface area (Å²) in [7, 11) is 0. The van der Waals surface area contributed by atoms with Gasteiger partial charge in [-0.15, -0.1) is 0 Å². The van der Waals surface area contributed by atoms with E-state index in [0.29, 0.717) is 23.0 Å². The van der Waals surface area contributed by atoms with E-state index in [9.17, 15) is 4.79 Å². The number of amides is 1. The van der Waals surface area contributed by atoms with Gasteiger partial charge in [0.2, 0.25) is 5.91 Å². The van der Waals surface area contributed by atoms with Crippen LogP contribution in [0.25, 0.3) is 21.9 Å². The molecule has 1 aliphatic heterocycles. The summed E-state index contributed by atoms with van der Waals surface area (Å²) < 4.78 is 2.12. The molecule has 0 bridgehead atoms. The molecule has 32 heavy (non-hydrogen) atoms. The Bertz CT molecular complexity index is 1280. The summed E-state index contributed by atoms with van der Waals surface area (Å²) in [5, 5.41) is 1.70. The van der Waals surface area contributed by atoms with E-state index in [1.54, 1.807) is 0 Å². The second-order valence-electron chi connectivity index (χ2n) is 8.25. The van der Waals surface area contributed by atoms with Crippen molar-refractivity contribution in [3.63, 3.8) is 0 Å². The van der Waals surface area contributed by atoms with Crippen molar-refractivity contribution in [1.29, 1.82) is 0 Å². The molecule has 8 heteroatoms. The van der Waals surface area contributed by atoms with Crippen molar-refractivity contribution in [3.05, 3.63) is 59.7 Å². The number of carbonyl (C=O) groups excluding carboxylic acids is 1. The van der Waals surface area contributed by atoms with Crippen LogP contribution < -0.4 is 11.5 Å². The van der Waals surface area contributed by atoms with Gasteiger partial charge < -0.3 is 16.0 Å². The third-order valence-electron chi connectivity index (χ3n) is 5.89. The maximum absolute atomic E-state index is 11.4. The number of para-hydroxylation sites is 1. The number of anilines is 1. The SMILES string of the molecule is NC(=O)CSc1nc2c(N)nc3ccccc3c2n1Cc1ccc(CN2CCCC2)cc1. The number of hydrogen-bond acceptors (Lipinski definition) is 6. The second kappa shape index (κ2) is 8.80. The number of hydrogen-bond donors (Lipinski definition) is 2. The first kappa shape index (κ1) is 20.8. The minimum absolute atomic E-state index is 0.156. The molecular formula is C24H26N6OS. The number of primary amides is 1. The predicted octanol–water partition coefficient (Wildman–Crippen LogP) is 3.39. The van der Waals surface area contributed by atoms with E-state index in [-0.39, 0.29) is 11.7 Å². The van der Waals surface area contributed by atoms with Gasteiger partial charge in [-0.2, -0.15) is 0 Å². The highest BCUT2D eigenvalue weighted by molar-refractivity contribution is 7.99. The summed E-state index contributed by atoms with van der Waals surface area (Å²) in [6.45, 7) is 3.99. The van der Waals surface area contributed by atoms with Crippen molar-refractivity contribution in [2.24, 2.45) is 5.73 Å². The molecule has 0 aliphatic carbocycles. The number of aromatic nitrogens is 3. The predicted molar refractivity (Wildman–Crippen MR) is 129 cm³/mol. The van der Waals surface area contributed by atoms with E-state index in [1.807, 2.05) is 24.3 Å². The van der Waals surface area contributed by atoms with Crippen LogP contribution in [-0.4, -0.2) is 44.2 Å². The van der Waals surface area contributed by atoms with Crippen LogP contribution in [0.5, 0.6) is 0 Å². The molecule has 5 rings (SSSR count). The van der Waals surface area contributed by atoms with E-state index in [1.165, 1.54) is 43.3 Å². The highest BCUT2D eigenvalue weighted by Gasteiger charge is 2.19. The summed E-state index contributed by atoms with van der Waals surface area (Å²) in [6, 6.07) is 16.7. The van der Waals surface area contributed by atoms with Crippen LogP contribution in [0.3, 0.4) is 0 Å².